The highest BCUT2D eigenvalue weighted by molar-refractivity contribution is 7.99. The van der Waals surface area contributed by atoms with Gasteiger partial charge < -0.3 is 15.0 Å². The number of thioether (sulfide) groups is 1. The van der Waals surface area contributed by atoms with Crippen molar-refractivity contribution in [1.82, 2.24) is 9.80 Å². The summed E-state index contributed by atoms with van der Waals surface area (Å²) in [5.74, 6) is -1.66. The summed E-state index contributed by atoms with van der Waals surface area (Å²) in [5.41, 5.74) is 1.91. The monoisotopic (exact) mass is 435 g/mol. The predicted molar refractivity (Wildman–Crippen MR) is 117 cm³/mol. The highest BCUT2D eigenvalue weighted by Crippen LogP contribution is 2.26. The zero-order valence-electron chi connectivity index (χ0n) is 17.0. The Morgan fingerprint density at radius 3 is 2.27 bits per heavy atom. The van der Waals surface area contributed by atoms with Crippen LogP contribution in [0.3, 0.4) is 0 Å². The molecule has 0 bridgehead atoms. The van der Waals surface area contributed by atoms with Crippen LogP contribution in [0.25, 0.3) is 0 Å². The first-order chi connectivity index (χ1) is 14.5. The average molecular weight is 436 g/mol. The van der Waals surface area contributed by atoms with Gasteiger partial charge in [-0.3, -0.25) is 9.69 Å². The van der Waals surface area contributed by atoms with Crippen LogP contribution in [-0.4, -0.2) is 67.8 Å². The van der Waals surface area contributed by atoms with Gasteiger partial charge in [0.1, 0.15) is 5.75 Å². The maximum atomic E-state index is 12.4. The molecule has 0 aliphatic carbocycles. The molecule has 30 heavy (non-hydrogen) atoms. The van der Waals surface area contributed by atoms with Gasteiger partial charge in [-0.25, -0.2) is 0 Å². The van der Waals surface area contributed by atoms with Gasteiger partial charge in [0.25, 0.3) is 5.76 Å². The normalized spacial score (nSPS) is 15.3. The summed E-state index contributed by atoms with van der Waals surface area (Å²) in [6.07, 6.45) is 0.990. The Labute approximate surface area is 180 Å². The van der Waals surface area contributed by atoms with E-state index < -0.39 is 5.76 Å². The van der Waals surface area contributed by atoms with E-state index in [0.29, 0.717) is 28.9 Å². The summed E-state index contributed by atoms with van der Waals surface area (Å²) in [6, 6.07) is 14.6. The minimum atomic E-state index is -2.44. The Balaban J connectivity index is 1.36. The number of hydrogen-bond acceptors (Lipinski definition) is 5. The summed E-state index contributed by atoms with van der Waals surface area (Å²) in [5, 5.41) is 2.84. The van der Waals surface area contributed by atoms with E-state index in [0.717, 1.165) is 44.9 Å². The second-order valence-corrected chi connectivity index (χ2v) is 8.23. The molecule has 1 aliphatic rings. The number of methoxy groups -OCH3 is 1. The standard InChI is InChI=1S/C22H27F2N3O2S/c1-29-19-6-2-17(3-7-19)10-11-26-12-14-27(15-13-26)16-21(28)25-18-4-8-20(9-5-18)30-22(23)24/h2-9,22H,10-16H2,1H3,(H,25,28). The molecule has 5 nitrogen and oxygen atoms in total. The van der Waals surface area contributed by atoms with E-state index in [-0.39, 0.29) is 5.91 Å². The molecule has 8 heteroatoms. The third-order valence-corrected chi connectivity index (χ3v) is 5.79. The van der Waals surface area contributed by atoms with E-state index in [1.165, 1.54) is 5.56 Å². The second-order valence-electron chi connectivity index (χ2n) is 7.17. The van der Waals surface area contributed by atoms with Crippen molar-refractivity contribution in [3.63, 3.8) is 0 Å². The number of carbonyl (C=O) groups is 1. The molecule has 0 saturated carbocycles. The summed E-state index contributed by atoms with van der Waals surface area (Å²) in [7, 11) is 1.67. The van der Waals surface area contributed by atoms with Crippen molar-refractivity contribution in [3.05, 3.63) is 54.1 Å². The summed E-state index contributed by atoms with van der Waals surface area (Å²) < 4.78 is 29.9. The molecule has 0 atom stereocenters. The van der Waals surface area contributed by atoms with Crippen LogP contribution in [0, 0.1) is 0 Å². The first-order valence-corrected chi connectivity index (χ1v) is 10.8. The number of carbonyl (C=O) groups excluding carboxylic acids is 1. The van der Waals surface area contributed by atoms with E-state index in [4.69, 9.17) is 4.74 Å². The molecule has 1 N–H and O–H groups in total. The molecule has 1 amide bonds. The predicted octanol–water partition coefficient (Wildman–Crippen LogP) is 3.81. The van der Waals surface area contributed by atoms with Crippen LogP contribution in [0.4, 0.5) is 14.5 Å². The first-order valence-electron chi connectivity index (χ1n) is 9.94. The lowest BCUT2D eigenvalue weighted by molar-refractivity contribution is -0.117. The fourth-order valence-electron chi connectivity index (χ4n) is 3.37. The van der Waals surface area contributed by atoms with Crippen molar-refractivity contribution >= 4 is 23.4 Å². The third-order valence-electron chi connectivity index (χ3n) is 5.07. The van der Waals surface area contributed by atoms with Gasteiger partial charge in [0.2, 0.25) is 5.91 Å². The van der Waals surface area contributed by atoms with Gasteiger partial charge in [0, 0.05) is 43.3 Å². The number of nitrogens with zero attached hydrogens (tertiary/aromatic N) is 2. The molecule has 2 aromatic carbocycles. The number of alkyl halides is 2. The highest BCUT2D eigenvalue weighted by Gasteiger charge is 2.19. The molecule has 0 aromatic heterocycles. The lowest BCUT2D eigenvalue weighted by atomic mass is 10.1. The Kier molecular flexibility index (Phi) is 8.48. The maximum Gasteiger partial charge on any atom is 0.288 e. The number of nitrogens with one attached hydrogen (secondary N) is 1. The van der Waals surface area contributed by atoms with Gasteiger partial charge in [-0.05, 0) is 48.4 Å². The number of amides is 1. The van der Waals surface area contributed by atoms with Crippen LogP contribution >= 0.6 is 11.8 Å². The fraction of sp³-hybridized carbons (Fsp3) is 0.409. The average Bonchev–Trinajstić information content (AvgIpc) is 2.74. The molecular weight excluding hydrogens is 408 g/mol. The topological polar surface area (TPSA) is 44.8 Å². The largest absolute Gasteiger partial charge is 0.497 e. The quantitative estimate of drug-likeness (QED) is 0.607. The van der Waals surface area contributed by atoms with Crippen molar-refractivity contribution in [2.75, 3.05) is 51.7 Å². The van der Waals surface area contributed by atoms with Gasteiger partial charge in [-0.15, -0.1) is 0 Å². The van der Waals surface area contributed by atoms with Gasteiger partial charge in [-0.1, -0.05) is 23.9 Å². The molecule has 1 aliphatic heterocycles. The molecule has 1 saturated heterocycles. The van der Waals surface area contributed by atoms with Crippen LogP contribution in [0.5, 0.6) is 5.75 Å². The maximum absolute atomic E-state index is 12.4. The van der Waals surface area contributed by atoms with E-state index >= 15 is 0 Å². The number of piperazine rings is 1. The first kappa shape index (κ1) is 22.5. The lowest BCUT2D eigenvalue weighted by Crippen LogP contribution is -2.49. The number of anilines is 1. The van der Waals surface area contributed by atoms with Gasteiger partial charge in [-0.2, -0.15) is 8.78 Å². The zero-order valence-corrected chi connectivity index (χ0v) is 17.8. The third kappa shape index (κ3) is 7.27. The molecule has 0 radical (unpaired) electrons. The van der Waals surface area contributed by atoms with E-state index in [9.17, 15) is 13.6 Å². The molecule has 3 rings (SSSR count). The molecule has 1 fully saturated rings. The summed E-state index contributed by atoms with van der Waals surface area (Å²) >= 11 is 0.494. The van der Waals surface area contributed by atoms with Crippen molar-refractivity contribution in [2.45, 2.75) is 17.1 Å². The van der Waals surface area contributed by atoms with Gasteiger partial charge in [0.15, 0.2) is 0 Å². The van der Waals surface area contributed by atoms with Crippen LogP contribution < -0.4 is 10.1 Å². The Bertz CT molecular complexity index is 795. The van der Waals surface area contributed by atoms with Crippen molar-refractivity contribution in [2.24, 2.45) is 0 Å². The minimum absolute atomic E-state index is 0.0871. The number of ether oxygens (including phenoxy) is 1. The smallest absolute Gasteiger partial charge is 0.288 e. The molecule has 2 aromatic rings. The summed E-state index contributed by atoms with van der Waals surface area (Å²) in [4.78, 5) is 17.3. The van der Waals surface area contributed by atoms with Crippen LogP contribution in [0.2, 0.25) is 0 Å². The SMILES string of the molecule is COc1ccc(CCN2CCN(CC(=O)Nc3ccc(SC(F)F)cc3)CC2)cc1. The molecular formula is C22H27F2N3O2S. The number of halogens is 2. The molecule has 162 valence electrons. The van der Waals surface area contributed by atoms with Crippen LogP contribution in [0.15, 0.2) is 53.4 Å². The molecule has 0 spiro atoms. The number of benzene rings is 2. The highest BCUT2D eigenvalue weighted by atomic mass is 32.2. The van der Waals surface area contributed by atoms with E-state index in [1.54, 1.807) is 31.4 Å². The summed E-state index contributed by atoms with van der Waals surface area (Å²) in [6.45, 7) is 4.89. The van der Waals surface area contributed by atoms with E-state index in [2.05, 4.69) is 27.2 Å². The lowest BCUT2D eigenvalue weighted by Gasteiger charge is -2.34. The van der Waals surface area contributed by atoms with Gasteiger partial charge >= 0.3 is 0 Å². The fourth-order valence-corrected chi connectivity index (χ4v) is 3.87. The number of hydrogen-bond donors (Lipinski definition) is 1. The van der Waals surface area contributed by atoms with Crippen LogP contribution in [-0.2, 0) is 11.2 Å². The minimum Gasteiger partial charge on any atom is -0.497 e. The Morgan fingerprint density at radius 1 is 1.03 bits per heavy atom. The second kappa shape index (κ2) is 11.3. The van der Waals surface area contributed by atoms with E-state index in [1.807, 2.05) is 12.1 Å². The van der Waals surface area contributed by atoms with Crippen molar-refractivity contribution in [1.29, 1.82) is 0 Å². The number of rotatable bonds is 9. The van der Waals surface area contributed by atoms with Crippen molar-refractivity contribution in [3.8, 4) is 5.75 Å². The molecule has 1 heterocycles. The Morgan fingerprint density at radius 2 is 1.67 bits per heavy atom. The van der Waals surface area contributed by atoms with Crippen LogP contribution in [0.1, 0.15) is 5.56 Å². The van der Waals surface area contributed by atoms with Crippen molar-refractivity contribution < 1.29 is 18.3 Å². The van der Waals surface area contributed by atoms with Gasteiger partial charge in [0.05, 0.1) is 13.7 Å². The molecule has 0 unspecified atom stereocenters. The Hall–Kier alpha value is -2.16. The zero-order chi connectivity index (χ0) is 21.3.